The van der Waals surface area contributed by atoms with Gasteiger partial charge in [0.2, 0.25) is 5.95 Å². The first-order valence-corrected chi connectivity index (χ1v) is 8.28. The van der Waals surface area contributed by atoms with E-state index in [0.717, 1.165) is 16.8 Å². The minimum Gasteiger partial charge on any atom is -0.496 e. The van der Waals surface area contributed by atoms with Crippen molar-refractivity contribution in [2.45, 2.75) is 12.8 Å². The Morgan fingerprint density at radius 3 is 2.53 bits per heavy atom. The van der Waals surface area contributed by atoms with E-state index < -0.39 is 35.0 Å². The zero-order chi connectivity index (χ0) is 22.1. The van der Waals surface area contributed by atoms with E-state index in [1.54, 1.807) is 0 Å². The van der Waals surface area contributed by atoms with Gasteiger partial charge in [0.1, 0.15) is 35.2 Å². The molecule has 2 heterocycles. The van der Waals surface area contributed by atoms with Crippen LogP contribution in [0.1, 0.15) is 11.4 Å². The molecule has 0 aliphatic heterocycles. The predicted molar refractivity (Wildman–Crippen MR) is 96.4 cm³/mol. The summed E-state index contributed by atoms with van der Waals surface area (Å²) in [5, 5.41) is 13.2. The Morgan fingerprint density at radius 1 is 1.20 bits per heavy atom. The second-order valence-electron chi connectivity index (χ2n) is 5.85. The zero-order valence-corrected chi connectivity index (χ0v) is 16.0. The highest BCUT2D eigenvalue weighted by Gasteiger charge is 2.39. The molecule has 3 aromatic rings. The molecule has 0 saturated carbocycles. The molecule has 0 saturated heterocycles. The first-order chi connectivity index (χ1) is 14.2. The summed E-state index contributed by atoms with van der Waals surface area (Å²) in [5.74, 6) is -1.86. The Labute approximate surface area is 167 Å². The number of aromatic nitrogens is 6. The summed E-state index contributed by atoms with van der Waals surface area (Å²) in [5.41, 5.74) is 3.27. The Bertz CT molecular complexity index is 1070. The van der Waals surface area contributed by atoms with Gasteiger partial charge in [-0.3, -0.25) is 0 Å². The number of hydrogen-bond donors (Lipinski definition) is 2. The van der Waals surface area contributed by atoms with E-state index in [-0.39, 0.29) is 29.4 Å². The fourth-order valence-electron chi connectivity index (χ4n) is 2.79. The van der Waals surface area contributed by atoms with Gasteiger partial charge in [0, 0.05) is 25.8 Å². The summed E-state index contributed by atoms with van der Waals surface area (Å²) in [6.45, 7) is -0.0251. The molecule has 0 radical (unpaired) electrons. The van der Waals surface area contributed by atoms with Crippen molar-refractivity contribution in [2.75, 3.05) is 32.3 Å². The smallest absolute Gasteiger partial charge is 0.422 e. The molecule has 3 rings (SSSR count). The summed E-state index contributed by atoms with van der Waals surface area (Å²) in [7, 11) is 3.86. The van der Waals surface area contributed by atoms with Gasteiger partial charge in [-0.25, -0.2) is 9.37 Å². The lowest BCUT2D eigenvalue weighted by atomic mass is 10.0. The van der Waals surface area contributed by atoms with Crippen molar-refractivity contribution in [3.63, 3.8) is 0 Å². The van der Waals surface area contributed by atoms with Gasteiger partial charge in [-0.05, 0) is 16.5 Å². The number of benzene rings is 1. The minimum absolute atomic E-state index is 0.0251. The average molecular weight is 428 g/mol. The normalized spacial score (nSPS) is 11.6. The van der Waals surface area contributed by atoms with Gasteiger partial charge in [0.25, 0.3) is 0 Å². The van der Waals surface area contributed by atoms with Crippen molar-refractivity contribution in [3.05, 3.63) is 29.3 Å². The lowest BCUT2D eigenvalue weighted by Crippen LogP contribution is -2.16. The number of halogens is 4. The summed E-state index contributed by atoms with van der Waals surface area (Å²) < 4.78 is 67.4. The van der Waals surface area contributed by atoms with Crippen LogP contribution in [0, 0.1) is 5.82 Å². The van der Waals surface area contributed by atoms with Gasteiger partial charge in [0.15, 0.2) is 5.82 Å². The number of alkyl halides is 3. The van der Waals surface area contributed by atoms with Crippen molar-refractivity contribution in [2.24, 2.45) is 0 Å². The van der Waals surface area contributed by atoms with E-state index in [0.29, 0.717) is 0 Å². The maximum atomic E-state index is 15.0. The molecule has 0 amide bonds. The maximum absolute atomic E-state index is 15.0. The van der Waals surface area contributed by atoms with Crippen molar-refractivity contribution in [3.8, 4) is 22.7 Å². The molecule has 0 spiro atoms. The third-order valence-corrected chi connectivity index (χ3v) is 4.01. The highest BCUT2D eigenvalue weighted by Crippen LogP contribution is 2.43. The highest BCUT2D eigenvalue weighted by atomic mass is 19.4. The molecule has 14 heteroatoms. The molecule has 0 aliphatic carbocycles. The van der Waals surface area contributed by atoms with E-state index in [1.165, 1.54) is 21.3 Å². The predicted octanol–water partition coefficient (Wildman–Crippen LogP) is 2.06. The first kappa shape index (κ1) is 21.2. The fourth-order valence-corrected chi connectivity index (χ4v) is 2.79. The van der Waals surface area contributed by atoms with Crippen molar-refractivity contribution >= 4 is 11.8 Å². The van der Waals surface area contributed by atoms with Crippen LogP contribution in [0.25, 0.3) is 16.9 Å². The number of anilines is 2. The molecule has 0 fully saturated rings. The number of nitrogens with zero attached hydrogens (tertiary/aromatic N) is 6. The quantitative estimate of drug-likeness (QED) is 0.567. The fraction of sp³-hybridized carbons (Fsp3) is 0.312. The number of methoxy groups -OCH3 is 2. The monoisotopic (exact) mass is 428 g/mol. The zero-order valence-electron chi connectivity index (χ0n) is 16.0. The van der Waals surface area contributed by atoms with E-state index >= 15 is 0 Å². The molecule has 30 heavy (non-hydrogen) atoms. The molecule has 1 aromatic carbocycles. The summed E-state index contributed by atoms with van der Waals surface area (Å²) in [6, 6.07) is 1.99. The standard InChI is InChI=1S/C16H16F4N8O2/c1-22-14-12(16(18,19)20)13(23-15(21)24-14)7-4-8(17)9(5-10(7)30-3)28-11(6-29-2)25-26-27-28/h4-5H,6H2,1-3H3,(H3,21,22,23,24). The Morgan fingerprint density at radius 2 is 1.93 bits per heavy atom. The van der Waals surface area contributed by atoms with E-state index in [2.05, 4.69) is 30.8 Å². The van der Waals surface area contributed by atoms with Crippen molar-refractivity contribution in [1.82, 2.24) is 30.2 Å². The number of nitrogens with two attached hydrogens (primary N) is 1. The summed E-state index contributed by atoms with van der Waals surface area (Å²) >= 11 is 0. The molecular formula is C16H16F4N8O2. The second kappa shape index (κ2) is 8.06. The molecule has 160 valence electrons. The van der Waals surface area contributed by atoms with Gasteiger partial charge in [-0.1, -0.05) is 0 Å². The van der Waals surface area contributed by atoms with E-state index in [1.807, 2.05) is 0 Å². The van der Waals surface area contributed by atoms with Crippen molar-refractivity contribution in [1.29, 1.82) is 0 Å². The number of nitrogens with one attached hydrogen (secondary N) is 1. The number of ether oxygens (including phenoxy) is 2. The molecule has 0 atom stereocenters. The van der Waals surface area contributed by atoms with Crippen LogP contribution in [0.5, 0.6) is 5.75 Å². The molecule has 0 unspecified atom stereocenters. The topological polar surface area (TPSA) is 126 Å². The van der Waals surface area contributed by atoms with Crippen molar-refractivity contribution < 1.29 is 27.0 Å². The van der Waals surface area contributed by atoms with Crippen LogP contribution in [0.2, 0.25) is 0 Å². The van der Waals surface area contributed by atoms with Crippen LogP contribution < -0.4 is 15.8 Å². The van der Waals surface area contributed by atoms with Crippen LogP contribution in [0.4, 0.5) is 29.3 Å². The maximum Gasteiger partial charge on any atom is 0.422 e. The largest absolute Gasteiger partial charge is 0.496 e. The minimum atomic E-state index is -4.86. The van der Waals surface area contributed by atoms with E-state index in [4.69, 9.17) is 15.2 Å². The van der Waals surface area contributed by atoms with Crippen LogP contribution in [0.15, 0.2) is 12.1 Å². The van der Waals surface area contributed by atoms with Gasteiger partial charge >= 0.3 is 6.18 Å². The van der Waals surface area contributed by atoms with Gasteiger partial charge < -0.3 is 20.5 Å². The molecule has 0 aliphatic rings. The number of nitrogen functional groups attached to an aromatic ring is 1. The molecular weight excluding hydrogens is 412 g/mol. The Kier molecular flexibility index (Phi) is 5.69. The molecule has 0 bridgehead atoms. The third-order valence-electron chi connectivity index (χ3n) is 4.01. The lowest BCUT2D eigenvalue weighted by molar-refractivity contribution is -0.136. The number of tetrazole rings is 1. The first-order valence-electron chi connectivity index (χ1n) is 8.28. The number of rotatable bonds is 6. The van der Waals surface area contributed by atoms with E-state index in [9.17, 15) is 17.6 Å². The Hall–Kier alpha value is -3.55. The van der Waals surface area contributed by atoms with Gasteiger partial charge in [-0.15, -0.1) is 5.10 Å². The van der Waals surface area contributed by atoms with Gasteiger partial charge in [0.05, 0.1) is 12.8 Å². The highest BCUT2D eigenvalue weighted by molar-refractivity contribution is 5.76. The third kappa shape index (κ3) is 3.80. The SMILES string of the molecule is CNc1nc(N)nc(-c2cc(F)c(-n3nnnc3COC)cc2OC)c1C(F)(F)F. The van der Waals surface area contributed by atoms with Crippen LogP contribution >= 0.6 is 0 Å². The lowest BCUT2D eigenvalue weighted by Gasteiger charge is -2.18. The average Bonchev–Trinajstić information content (AvgIpc) is 3.14. The summed E-state index contributed by atoms with van der Waals surface area (Å²) in [4.78, 5) is 7.27. The van der Waals surface area contributed by atoms with Crippen LogP contribution in [0.3, 0.4) is 0 Å². The summed E-state index contributed by atoms with van der Waals surface area (Å²) in [6.07, 6.45) is -4.86. The Balaban J connectivity index is 2.28. The van der Waals surface area contributed by atoms with Crippen LogP contribution in [-0.4, -0.2) is 51.4 Å². The van der Waals surface area contributed by atoms with Crippen LogP contribution in [-0.2, 0) is 17.5 Å². The van der Waals surface area contributed by atoms with Gasteiger partial charge in [-0.2, -0.15) is 22.8 Å². The molecule has 2 aromatic heterocycles. The second-order valence-corrected chi connectivity index (χ2v) is 5.85. The molecule has 10 nitrogen and oxygen atoms in total. The number of hydrogen-bond acceptors (Lipinski definition) is 9. The molecule has 3 N–H and O–H groups in total.